The minimum absolute atomic E-state index is 0.333. The van der Waals surface area contributed by atoms with Crippen molar-refractivity contribution in [1.82, 2.24) is 0 Å². The molecule has 0 radical (unpaired) electrons. The highest BCUT2D eigenvalue weighted by molar-refractivity contribution is 6.26. The Bertz CT molecular complexity index is 848. The molecule has 2 aliphatic heterocycles. The van der Waals surface area contributed by atoms with E-state index in [0.717, 1.165) is 10.5 Å². The molecule has 120 valence electrons. The molecule has 0 aliphatic carbocycles. The maximum Gasteiger partial charge on any atom is 0.263 e. The summed E-state index contributed by atoms with van der Waals surface area (Å²) in [6.07, 6.45) is 0. The van der Waals surface area contributed by atoms with Crippen molar-refractivity contribution in [2.45, 2.75) is 19.0 Å². The molecule has 1 fully saturated rings. The zero-order valence-corrected chi connectivity index (χ0v) is 12.8. The predicted octanol–water partition coefficient (Wildman–Crippen LogP) is 2.63. The predicted molar refractivity (Wildman–Crippen MR) is 85.0 cm³/mol. The van der Waals surface area contributed by atoms with Gasteiger partial charge in [0.2, 0.25) is 0 Å². The Morgan fingerprint density at radius 3 is 2.21 bits per heavy atom. The van der Waals surface area contributed by atoms with E-state index in [1.807, 2.05) is 31.2 Å². The van der Waals surface area contributed by atoms with Crippen molar-refractivity contribution in [1.29, 1.82) is 0 Å². The number of imide groups is 1. The van der Waals surface area contributed by atoms with E-state index in [1.165, 1.54) is 29.3 Å². The van der Waals surface area contributed by atoms with Crippen molar-refractivity contribution in [2.24, 2.45) is 10.3 Å². The lowest BCUT2D eigenvalue weighted by Crippen LogP contribution is -2.39. The summed E-state index contributed by atoms with van der Waals surface area (Å²) in [5.41, 5.74) is 2.10. The molecule has 0 unspecified atom stereocenters. The van der Waals surface area contributed by atoms with Crippen molar-refractivity contribution in [3.63, 3.8) is 0 Å². The van der Waals surface area contributed by atoms with Crippen LogP contribution in [0, 0.1) is 12.7 Å². The average molecular weight is 324 g/mol. The van der Waals surface area contributed by atoms with Crippen molar-refractivity contribution >= 4 is 23.2 Å². The molecule has 7 heteroatoms. The van der Waals surface area contributed by atoms with Crippen LogP contribution in [0.2, 0.25) is 0 Å². The first-order valence-corrected chi connectivity index (χ1v) is 7.46. The first-order chi connectivity index (χ1) is 11.6. The van der Waals surface area contributed by atoms with E-state index in [-0.39, 0.29) is 0 Å². The Kier molecular flexibility index (Phi) is 3.16. The summed E-state index contributed by atoms with van der Waals surface area (Å²) in [6.45, 7) is 1.96. The number of amides is 2. The van der Waals surface area contributed by atoms with Gasteiger partial charge >= 0.3 is 0 Å². The third-order valence-corrected chi connectivity index (χ3v) is 4.17. The van der Waals surface area contributed by atoms with Gasteiger partial charge in [-0.25, -0.2) is 14.3 Å². The van der Waals surface area contributed by atoms with Crippen LogP contribution in [0.3, 0.4) is 0 Å². The highest BCUT2D eigenvalue weighted by Gasteiger charge is 2.55. The second-order valence-corrected chi connectivity index (χ2v) is 5.76. The lowest BCUT2D eigenvalue weighted by molar-refractivity contribution is -0.121. The van der Waals surface area contributed by atoms with Gasteiger partial charge < -0.3 is 0 Å². The molecule has 2 amide bonds. The number of hydrogen-bond donors (Lipinski definition) is 0. The number of fused-ring (bicyclic) bond motifs is 1. The highest BCUT2D eigenvalue weighted by atomic mass is 19.1. The van der Waals surface area contributed by atoms with E-state index in [4.69, 9.17) is 0 Å². The molecular formula is C17H13FN4O2. The number of halogens is 1. The van der Waals surface area contributed by atoms with E-state index in [2.05, 4.69) is 10.3 Å². The summed E-state index contributed by atoms with van der Waals surface area (Å²) >= 11 is 0. The zero-order chi connectivity index (χ0) is 16.8. The van der Waals surface area contributed by atoms with Crippen LogP contribution < -0.4 is 9.91 Å². The maximum atomic E-state index is 13.1. The van der Waals surface area contributed by atoms with Crippen molar-refractivity contribution < 1.29 is 14.0 Å². The van der Waals surface area contributed by atoms with E-state index in [1.54, 1.807) is 0 Å². The van der Waals surface area contributed by atoms with Crippen LogP contribution in [0.15, 0.2) is 58.9 Å². The Morgan fingerprint density at radius 1 is 0.917 bits per heavy atom. The molecule has 0 saturated carbocycles. The number of aryl methyl sites for hydroxylation is 1. The third-order valence-electron chi connectivity index (χ3n) is 4.17. The van der Waals surface area contributed by atoms with Crippen LogP contribution in [0.4, 0.5) is 15.8 Å². The summed E-state index contributed by atoms with van der Waals surface area (Å²) in [5.74, 6) is -1.30. The highest BCUT2D eigenvalue weighted by Crippen LogP contribution is 2.34. The number of nitrogens with zero attached hydrogens (tertiary/aromatic N) is 4. The van der Waals surface area contributed by atoms with Crippen LogP contribution in [0.5, 0.6) is 0 Å². The van der Waals surface area contributed by atoms with Crippen LogP contribution in [-0.4, -0.2) is 23.9 Å². The van der Waals surface area contributed by atoms with Gasteiger partial charge in [0.1, 0.15) is 5.82 Å². The topological polar surface area (TPSA) is 65.3 Å². The van der Waals surface area contributed by atoms with Crippen LogP contribution in [0.1, 0.15) is 5.56 Å². The minimum Gasteiger partial charge on any atom is -0.271 e. The van der Waals surface area contributed by atoms with Crippen molar-refractivity contribution in [2.75, 3.05) is 9.91 Å². The van der Waals surface area contributed by atoms with E-state index in [0.29, 0.717) is 11.4 Å². The summed E-state index contributed by atoms with van der Waals surface area (Å²) in [4.78, 5) is 26.4. The van der Waals surface area contributed by atoms with E-state index in [9.17, 15) is 14.0 Å². The Morgan fingerprint density at radius 2 is 1.54 bits per heavy atom. The van der Waals surface area contributed by atoms with Gasteiger partial charge in [-0.1, -0.05) is 22.9 Å². The second-order valence-electron chi connectivity index (χ2n) is 5.76. The monoisotopic (exact) mass is 324 g/mol. The lowest BCUT2D eigenvalue weighted by Gasteiger charge is -2.20. The van der Waals surface area contributed by atoms with Gasteiger partial charge in [-0.3, -0.25) is 9.59 Å². The Balaban J connectivity index is 1.69. The van der Waals surface area contributed by atoms with Gasteiger partial charge in [0, 0.05) is 0 Å². The van der Waals surface area contributed by atoms with Gasteiger partial charge in [0.05, 0.1) is 11.4 Å². The first-order valence-electron chi connectivity index (χ1n) is 7.46. The normalized spacial score (nSPS) is 22.4. The number of rotatable bonds is 2. The largest absolute Gasteiger partial charge is 0.271 e. The maximum absolute atomic E-state index is 13.1. The molecule has 2 aliphatic rings. The number of anilines is 2. The molecule has 0 bridgehead atoms. The van der Waals surface area contributed by atoms with Gasteiger partial charge in [0.25, 0.3) is 11.8 Å². The second kappa shape index (κ2) is 5.23. The van der Waals surface area contributed by atoms with Gasteiger partial charge in [0.15, 0.2) is 12.1 Å². The smallest absolute Gasteiger partial charge is 0.263 e. The number of carbonyl (C=O) groups is 2. The molecule has 6 nitrogen and oxygen atoms in total. The lowest BCUT2D eigenvalue weighted by atomic mass is 10.1. The summed E-state index contributed by atoms with van der Waals surface area (Å²) in [5, 5.41) is 9.43. The fourth-order valence-electron chi connectivity index (χ4n) is 2.92. The van der Waals surface area contributed by atoms with Crippen LogP contribution in [0.25, 0.3) is 0 Å². The molecule has 0 N–H and O–H groups in total. The Hall–Kier alpha value is -3.09. The fourth-order valence-corrected chi connectivity index (χ4v) is 2.92. The SMILES string of the molecule is Cc1ccc(N2N=N[C@@H]3C(=O)N(c4ccc(F)cc4)C(=O)[C@@H]32)cc1. The van der Waals surface area contributed by atoms with Gasteiger partial charge in [-0.15, -0.1) is 0 Å². The zero-order valence-electron chi connectivity index (χ0n) is 12.8. The van der Waals surface area contributed by atoms with Crippen molar-refractivity contribution in [3.05, 3.63) is 59.9 Å². The minimum atomic E-state index is -0.871. The molecule has 0 aromatic heterocycles. The molecule has 2 atom stereocenters. The van der Waals surface area contributed by atoms with Crippen molar-refractivity contribution in [3.8, 4) is 0 Å². The van der Waals surface area contributed by atoms with E-state index >= 15 is 0 Å². The Labute approximate surface area is 137 Å². The number of benzene rings is 2. The summed E-state index contributed by atoms with van der Waals surface area (Å²) in [7, 11) is 0. The molecule has 0 spiro atoms. The molecule has 2 aromatic carbocycles. The standard InChI is InChI=1S/C17H13FN4O2/c1-10-2-6-13(7-3-10)22-15-14(19-20-22)16(23)21(17(15)24)12-8-4-11(18)5-9-12/h2-9,14-15H,1H3/t14-,15+/m0/s1. The average Bonchev–Trinajstić information content (AvgIpc) is 3.11. The van der Waals surface area contributed by atoms with E-state index < -0.39 is 29.7 Å². The van der Waals surface area contributed by atoms with Gasteiger partial charge in [-0.05, 0) is 43.3 Å². The van der Waals surface area contributed by atoms with Crippen LogP contribution >= 0.6 is 0 Å². The molecular weight excluding hydrogens is 311 g/mol. The molecule has 2 heterocycles. The summed E-state index contributed by atoms with van der Waals surface area (Å²) in [6, 6.07) is 11.0. The number of carbonyl (C=O) groups excluding carboxylic acids is 2. The third kappa shape index (κ3) is 2.09. The number of hydrogen-bond acceptors (Lipinski definition) is 5. The molecule has 1 saturated heterocycles. The molecule has 24 heavy (non-hydrogen) atoms. The quantitative estimate of drug-likeness (QED) is 0.798. The first kappa shape index (κ1) is 14.5. The summed E-state index contributed by atoms with van der Waals surface area (Å²) < 4.78 is 13.1. The van der Waals surface area contributed by atoms with Crippen LogP contribution in [-0.2, 0) is 9.59 Å². The fraction of sp³-hybridized carbons (Fsp3) is 0.176. The molecule has 2 aromatic rings. The molecule has 4 rings (SSSR count). The van der Waals surface area contributed by atoms with Gasteiger partial charge in [-0.2, -0.15) is 5.11 Å².